The van der Waals surface area contributed by atoms with Crippen molar-refractivity contribution >= 4 is 10.9 Å². The summed E-state index contributed by atoms with van der Waals surface area (Å²) in [5.41, 5.74) is 4.72. The van der Waals surface area contributed by atoms with E-state index < -0.39 is 0 Å². The molecule has 0 saturated heterocycles. The maximum absolute atomic E-state index is 13.8. The summed E-state index contributed by atoms with van der Waals surface area (Å²) in [6, 6.07) is 28.0. The van der Waals surface area contributed by atoms with Gasteiger partial charge in [-0.05, 0) is 34.9 Å². The van der Waals surface area contributed by atoms with Gasteiger partial charge >= 0.3 is 0 Å². The molecule has 5 aromatic rings. The van der Waals surface area contributed by atoms with Gasteiger partial charge in [0.2, 0.25) is 5.43 Å². The van der Waals surface area contributed by atoms with Crippen molar-refractivity contribution in [2.24, 2.45) is 0 Å². The van der Waals surface area contributed by atoms with Gasteiger partial charge in [-0.15, -0.1) is 0 Å². The van der Waals surface area contributed by atoms with Crippen LogP contribution in [0.4, 0.5) is 4.39 Å². The van der Waals surface area contributed by atoms with Crippen LogP contribution in [0, 0.1) is 5.82 Å². The maximum atomic E-state index is 13.8. The van der Waals surface area contributed by atoms with E-state index in [2.05, 4.69) is 32.7 Å². The number of para-hydroxylation sites is 1. The number of ether oxygens (including phenoxy) is 1. The van der Waals surface area contributed by atoms with E-state index in [1.54, 1.807) is 18.2 Å². The highest BCUT2D eigenvalue weighted by Crippen LogP contribution is 2.34. The number of rotatable bonds is 6. The first-order valence-electron chi connectivity index (χ1n) is 12.4. The van der Waals surface area contributed by atoms with Gasteiger partial charge in [-0.25, -0.2) is 4.39 Å². The van der Waals surface area contributed by atoms with E-state index in [0.717, 1.165) is 39.8 Å². The molecule has 3 heterocycles. The lowest BCUT2D eigenvalue weighted by atomic mass is 9.97. The molecule has 184 valence electrons. The molecule has 0 radical (unpaired) electrons. The predicted molar refractivity (Wildman–Crippen MR) is 142 cm³/mol. The van der Waals surface area contributed by atoms with E-state index in [4.69, 9.17) is 4.74 Å². The summed E-state index contributed by atoms with van der Waals surface area (Å²) in [4.78, 5) is 20.1. The SMILES string of the molecule is O=c1cc2n(cc1OCc1ccccc1)CCN(Cc1cccc3cccnc13)C2c1ccc(F)cc1. The summed E-state index contributed by atoms with van der Waals surface area (Å²) in [5, 5.41) is 1.09. The Balaban J connectivity index is 1.37. The summed E-state index contributed by atoms with van der Waals surface area (Å²) in [6.45, 7) is 2.43. The van der Waals surface area contributed by atoms with Gasteiger partial charge in [0.25, 0.3) is 0 Å². The van der Waals surface area contributed by atoms with Crippen LogP contribution in [0.5, 0.6) is 5.75 Å². The average Bonchev–Trinajstić information content (AvgIpc) is 2.93. The van der Waals surface area contributed by atoms with Gasteiger partial charge in [0, 0.05) is 43.0 Å². The Labute approximate surface area is 214 Å². The number of hydrogen-bond acceptors (Lipinski definition) is 4. The number of aromatic nitrogens is 2. The molecule has 0 aliphatic carbocycles. The second-order valence-corrected chi connectivity index (χ2v) is 9.31. The van der Waals surface area contributed by atoms with Crippen LogP contribution in [-0.4, -0.2) is 21.0 Å². The van der Waals surface area contributed by atoms with Crippen LogP contribution in [0.2, 0.25) is 0 Å². The number of nitrogens with zero attached hydrogens (tertiary/aromatic N) is 3. The molecule has 37 heavy (non-hydrogen) atoms. The van der Waals surface area contributed by atoms with Crippen molar-refractivity contribution in [1.29, 1.82) is 0 Å². The molecule has 0 bridgehead atoms. The molecule has 1 aliphatic heterocycles. The molecule has 0 N–H and O–H groups in total. The van der Waals surface area contributed by atoms with Crippen molar-refractivity contribution in [2.75, 3.05) is 6.54 Å². The molecule has 6 rings (SSSR count). The number of fused-ring (bicyclic) bond motifs is 2. The topological polar surface area (TPSA) is 47.4 Å². The Bertz CT molecular complexity index is 1590. The molecule has 0 saturated carbocycles. The van der Waals surface area contributed by atoms with E-state index in [0.29, 0.717) is 25.4 Å². The van der Waals surface area contributed by atoms with Crippen LogP contribution in [0.3, 0.4) is 0 Å². The monoisotopic (exact) mass is 491 g/mol. The maximum Gasteiger partial charge on any atom is 0.223 e. The standard InChI is InChI=1S/C31H26FN3O2/c32-26-13-11-24(12-14-26)31-27-18-28(36)29(37-21-22-6-2-1-3-7-22)20-34(27)16-17-35(31)19-25-9-4-8-23-10-5-15-33-30(23)25/h1-15,18,20,31H,16-17,19,21H2. The summed E-state index contributed by atoms with van der Waals surface area (Å²) in [6.07, 6.45) is 3.62. The molecular weight excluding hydrogens is 465 g/mol. The number of halogens is 1. The highest BCUT2D eigenvalue weighted by atomic mass is 19.1. The minimum absolute atomic E-state index is 0.164. The molecule has 6 heteroatoms. The van der Waals surface area contributed by atoms with Gasteiger partial charge in [-0.3, -0.25) is 14.7 Å². The Hall–Kier alpha value is -4.29. The van der Waals surface area contributed by atoms with Crippen LogP contribution < -0.4 is 10.2 Å². The number of benzene rings is 3. The smallest absolute Gasteiger partial charge is 0.223 e. The van der Waals surface area contributed by atoms with Crippen LogP contribution in [0.1, 0.15) is 28.4 Å². The van der Waals surface area contributed by atoms with Gasteiger partial charge in [0.1, 0.15) is 12.4 Å². The molecule has 0 amide bonds. The summed E-state index contributed by atoms with van der Waals surface area (Å²) in [7, 11) is 0. The lowest BCUT2D eigenvalue weighted by Gasteiger charge is -2.38. The summed E-state index contributed by atoms with van der Waals surface area (Å²) < 4.78 is 21.8. The van der Waals surface area contributed by atoms with Gasteiger partial charge in [0.05, 0.1) is 17.8 Å². The minimum Gasteiger partial charge on any atom is -0.483 e. The van der Waals surface area contributed by atoms with Crippen molar-refractivity contribution in [2.45, 2.75) is 25.7 Å². The first kappa shape index (κ1) is 23.1. The summed E-state index contributed by atoms with van der Waals surface area (Å²) in [5.74, 6) is 0.0450. The first-order valence-corrected chi connectivity index (χ1v) is 12.4. The highest BCUT2D eigenvalue weighted by Gasteiger charge is 2.30. The van der Waals surface area contributed by atoms with Gasteiger partial charge in [-0.1, -0.05) is 66.7 Å². The van der Waals surface area contributed by atoms with Crippen LogP contribution in [-0.2, 0) is 19.7 Å². The van der Waals surface area contributed by atoms with Crippen molar-refractivity contribution in [3.05, 3.63) is 142 Å². The molecular formula is C31H26FN3O2. The second-order valence-electron chi connectivity index (χ2n) is 9.31. The fraction of sp³-hybridized carbons (Fsp3) is 0.161. The quantitative estimate of drug-likeness (QED) is 0.305. The first-order chi connectivity index (χ1) is 18.2. The fourth-order valence-corrected chi connectivity index (χ4v) is 5.10. The third kappa shape index (κ3) is 4.76. The predicted octanol–water partition coefficient (Wildman–Crippen LogP) is 5.72. The average molecular weight is 492 g/mol. The number of hydrogen-bond donors (Lipinski definition) is 0. The summed E-state index contributed by atoms with van der Waals surface area (Å²) >= 11 is 0. The van der Waals surface area contributed by atoms with Gasteiger partial charge < -0.3 is 9.30 Å². The minimum atomic E-state index is -0.286. The Morgan fingerprint density at radius 2 is 1.73 bits per heavy atom. The molecule has 0 spiro atoms. The lowest BCUT2D eigenvalue weighted by molar-refractivity contribution is 0.172. The van der Waals surface area contributed by atoms with Crippen LogP contribution >= 0.6 is 0 Å². The molecule has 1 aliphatic rings. The van der Waals surface area contributed by atoms with E-state index in [1.807, 2.05) is 54.9 Å². The molecule has 3 aromatic carbocycles. The lowest BCUT2D eigenvalue weighted by Crippen LogP contribution is -2.39. The highest BCUT2D eigenvalue weighted by molar-refractivity contribution is 5.81. The largest absolute Gasteiger partial charge is 0.483 e. The van der Waals surface area contributed by atoms with Gasteiger partial charge in [-0.2, -0.15) is 0 Å². The zero-order valence-corrected chi connectivity index (χ0v) is 20.3. The second kappa shape index (κ2) is 9.99. The van der Waals surface area contributed by atoms with E-state index in [-0.39, 0.29) is 17.3 Å². The molecule has 5 nitrogen and oxygen atoms in total. The Morgan fingerprint density at radius 3 is 2.57 bits per heavy atom. The third-order valence-corrected chi connectivity index (χ3v) is 6.91. The van der Waals surface area contributed by atoms with Crippen molar-refractivity contribution in [1.82, 2.24) is 14.5 Å². The molecule has 1 unspecified atom stereocenters. The van der Waals surface area contributed by atoms with Crippen LogP contribution in [0.15, 0.2) is 108 Å². The van der Waals surface area contributed by atoms with Gasteiger partial charge in [0.15, 0.2) is 5.75 Å². The van der Waals surface area contributed by atoms with Crippen molar-refractivity contribution in [3.63, 3.8) is 0 Å². The van der Waals surface area contributed by atoms with Crippen molar-refractivity contribution in [3.8, 4) is 5.75 Å². The molecule has 1 atom stereocenters. The number of pyridine rings is 2. The zero-order chi connectivity index (χ0) is 25.2. The molecule has 2 aromatic heterocycles. The third-order valence-electron chi connectivity index (χ3n) is 6.91. The van der Waals surface area contributed by atoms with Crippen molar-refractivity contribution < 1.29 is 9.13 Å². The Morgan fingerprint density at radius 1 is 0.919 bits per heavy atom. The van der Waals surface area contributed by atoms with E-state index in [1.165, 1.54) is 12.1 Å². The van der Waals surface area contributed by atoms with Crippen LogP contribution in [0.25, 0.3) is 10.9 Å². The van der Waals surface area contributed by atoms with E-state index >= 15 is 0 Å². The fourth-order valence-electron chi connectivity index (χ4n) is 5.10. The Kier molecular flexibility index (Phi) is 6.25. The normalized spacial score (nSPS) is 15.4. The molecule has 0 fully saturated rings. The zero-order valence-electron chi connectivity index (χ0n) is 20.3. The van der Waals surface area contributed by atoms with E-state index in [9.17, 15) is 9.18 Å².